The lowest BCUT2D eigenvalue weighted by Crippen LogP contribution is -2.42. The predicted molar refractivity (Wildman–Crippen MR) is 124 cm³/mol. The van der Waals surface area contributed by atoms with Crippen LogP contribution in [0.2, 0.25) is 0 Å². The fourth-order valence-corrected chi connectivity index (χ4v) is 4.18. The van der Waals surface area contributed by atoms with E-state index in [4.69, 9.17) is 13.9 Å². The van der Waals surface area contributed by atoms with Gasteiger partial charge in [0.2, 0.25) is 0 Å². The summed E-state index contributed by atoms with van der Waals surface area (Å²) in [7, 11) is 0. The minimum absolute atomic E-state index is 0.0347. The van der Waals surface area contributed by atoms with Crippen LogP contribution in [0.4, 0.5) is 4.79 Å². The van der Waals surface area contributed by atoms with Crippen molar-refractivity contribution in [2.24, 2.45) is 0 Å². The molecule has 5 heteroatoms. The summed E-state index contributed by atoms with van der Waals surface area (Å²) in [6, 6.07) is 20.6. The third-order valence-corrected chi connectivity index (χ3v) is 5.67. The van der Waals surface area contributed by atoms with Gasteiger partial charge in [0.05, 0.1) is 18.6 Å². The first-order valence-corrected chi connectivity index (χ1v) is 11.2. The first-order chi connectivity index (χ1) is 15.4. The van der Waals surface area contributed by atoms with E-state index < -0.39 is 5.60 Å². The molecular weight excluding hydrogens is 402 g/mol. The Bertz CT molecular complexity index is 990. The molecule has 0 N–H and O–H groups in total. The highest BCUT2D eigenvalue weighted by Crippen LogP contribution is 2.33. The molecule has 5 nitrogen and oxygen atoms in total. The summed E-state index contributed by atoms with van der Waals surface area (Å²) in [5.74, 6) is 0.894. The Hall–Kier alpha value is -3.21. The minimum Gasteiger partial charge on any atom is -0.491 e. The van der Waals surface area contributed by atoms with Crippen molar-refractivity contribution in [3.05, 3.63) is 89.9 Å². The van der Waals surface area contributed by atoms with Gasteiger partial charge >= 0.3 is 6.09 Å². The number of amides is 1. The van der Waals surface area contributed by atoms with Crippen LogP contribution in [0.3, 0.4) is 0 Å². The van der Waals surface area contributed by atoms with Crippen LogP contribution in [-0.4, -0.2) is 35.8 Å². The maximum absolute atomic E-state index is 12.5. The number of carbonyl (C=O) groups is 1. The Balaban J connectivity index is 1.43. The Kier molecular flexibility index (Phi) is 6.54. The molecule has 2 heterocycles. The molecule has 0 saturated carbocycles. The molecule has 0 bridgehead atoms. The first kappa shape index (κ1) is 22.0. The zero-order valence-corrected chi connectivity index (χ0v) is 19.0. The number of hydrogen-bond acceptors (Lipinski definition) is 4. The Morgan fingerprint density at radius 3 is 2.41 bits per heavy atom. The summed E-state index contributed by atoms with van der Waals surface area (Å²) in [6.45, 7) is 6.84. The molecule has 0 radical (unpaired) electrons. The van der Waals surface area contributed by atoms with Gasteiger partial charge in [-0.15, -0.1) is 0 Å². The molecule has 4 rings (SSSR count). The van der Waals surface area contributed by atoms with Crippen LogP contribution < -0.4 is 4.74 Å². The summed E-state index contributed by atoms with van der Waals surface area (Å²) in [6.07, 6.45) is 5.14. The molecule has 32 heavy (non-hydrogen) atoms. The van der Waals surface area contributed by atoms with Gasteiger partial charge < -0.3 is 18.8 Å². The van der Waals surface area contributed by atoms with E-state index in [1.165, 1.54) is 11.1 Å². The largest absolute Gasteiger partial charge is 0.491 e. The number of rotatable bonds is 6. The normalized spacial score (nSPS) is 17.2. The van der Waals surface area contributed by atoms with Crippen LogP contribution in [0.15, 0.2) is 77.6 Å². The smallest absolute Gasteiger partial charge is 0.410 e. The molecule has 0 aliphatic carbocycles. The highest BCUT2D eigenvalue weighted by atomic mass is 16.6. The number of ether oxygens (including phenoxy) is 2. The van der Waals surface area contributed by atoms with Gasteiger partial charge in [-0.05, 0) is 62.9 Å². The van der Waals surface area contributed by atoms with Crippen LogP contribution in [0.25, 0.3) is 0 Å². The lowest BCUT2D eigenvalue weighted by Gasteiger charge is -2.28. The number of furan rings is 1. The van der Waals surface area contributed by atoms with Crippen LogP contribution in [0, 0.1) is 0 Å². The molecule has 168 valence electrons. The molecule has 3 aromatic rings. The molecule has 1 aliphatic heterocycles. The van der Waals surface area contributed by atoms with Gasteiger partial charge in [-0.25, -0.2) is 4.79 Å². The average molecular weight is 434 g/mol. The van der Waals surface area contributed by atoms with Crippen LogP contribution in [0.5, 0.6) is 5.75 Å². The molecule has 2 aromatic carbocycles. The van der Waals surface area contributed by atoms with E-state index in [0.717, 1.165) is 24.2 Å². The van der Waals surface area contributed by atoms with Crippen LogP contribution >= 0.6 is 0 Å². The topological polar surface area (TPSA) is 51.9 Å². The monoisotopic (exact) mass is 433 g/mol. The number of hydrogen-bond donors (Lipinski definition) is 0. The van der Waals surface area contributed by atoms with Crippen molar-refractivity contribution >= 4 is 6.09 Å². The van der Waals surface area contributed by atoms with Crippen molar-refractivity contribution < 1.29 is 18.7 Å². The number of likely N-dealkylation sites (tertiary alicyclic amines) is 1. The SMILES string of the molecule is CC(C)(C)OC(=O)N1CCC[C@@H]1COc1ccc(C(c2ccccc2)c2ccoc2)cc1. The van der Waals surface area contributed by atoms with E-state index in [0.29, 0.717) is 13.2 Å². The lowest BCUT2D eigenvalue weighted by molar-refractivity contribution is 0.0187. The summed E-state index contributed by atoms with van der Waals surface area (Å²) >= 11 is 0. The van der Waals surface area contributed by atoms with Crippen molar-refractivity contribution in [2.75, 3.05) is 13.2 Å². The molecule has 0 spiro atoms. The van der Waals surface area contributed by atoms with Gasteiger partial charge in [-0.3, -0.25) is 0 Å². The van der Waals surface area contributed by atoms with Crippen molar-refractivity contribution in [1.82, 2.24) is 4.90 Å². The fraction of sp³-hybridized carbons (Fsp3) is 0.370. The van der Waals surface area contributed by atoms with E-state index in [1.807, 2.05) is 45.0 Å². The second-order valence-corrected chi connectivity index (χ2v) is 9.25. The predicted octanol–water partition coefficient (Wildman–Crippen LogP) is 6.24. The Morgan fingerprint density at radius 2 is 1.75 bits per heavy atom. The molecule has 1 aromatic heterocycles. The Morgan fingerprint density at radius 1 is 1.03 bits per heavy atom. The molecule has 1 fully saturated rings. The highest BCUT2D eigenvalue weighted by Gasteiger charge is 2.32. The Labute approximate surface area is 189 Å². The number of carbonyl (C=O) groups excluding carboxylic acids is 1. The van der Waals surface area contributed by atoms with E-state index in [2.05, 4.69) is 36.4 Å². The van der Waals surface area contributed by atoms with Crippen molar-refractivity contribution in [1.29, 1.82) is 0 Å². The average Bonchev–Trinajstić information content (AvgIpc) is 3.45. The summed E-state index contributed by atoms with van der Waals surface area (Å²) in [4.78, 5) is 14.3. The number of nitrogens with zero attached hydrogens (tertiary/aromatic N) is 1. The lowest BCUT2D eigenvalue weighted by atomic mass is 9.87. The zero-order chi connectivity index (χ0) is 22.6. The maximum atomic E-state index is 12.5. The molecule has 1 amide bonds. The second-order valence-electron chi connectivity index (χ2n) is 9.25. The number of benzene rings is 2. The highest BCUT2D eigenvalue weighted by molar-refractivity contribution is 5.69. The van der Waals surface area contributed by atoms with Gasteiger partial charge in [0.25, 0.3) is 0 Å². The zero-order valence-electron chi connectivity index (χ0n) is 19.0. The van der Waals surface area contributed by atoms with E-state index in [9.17, 15) is 4.79 Å². The first-order valence-electron chi connectivity index (χ1n) is 11.2. The summed E-state index contributed by atoms with van der Waals surface area (Å²) in [5, 5.41) is 0. The van der Waals surface area contributed by atoms with Crippen LogP contribution in [0.1, 0.15) is 56.2 Å². The quantitative estimate of drug-likeness (QED) is 0.462. The molecule has 1 saturated heterocycles. The van der Waals surface area contributed by atoms with Gasteiger partial charge in [-0.1, -0.05) is 42.5 Å². The van der Waals surface area contributed by atoms with Crippen LogP contribution in [-0.2, 0) is 4.74 Å². The van der Waals surface area contributed by atoms with E-state index in [-0.39, 0.29) is 18.1 Å². The minimum atomic E-state index is -0.495. The molecular formula is C27H31NO4. The standard InChI is InChI=1S/C27H31NO4/c1-27(2,3)32-26(29)28-16-7-10-23(28)19-31-24-13-11-21(12-14-24)25(22-15-17-30-18-22)20-8-5-4-6-9-20/h4-6,8-9,11-15,17-18,23,25H,7,10,16,19H2,1-3H3/t23-,25?/m1/s1. The van der Waals surface area contributed by atoms with E-state index in [1.54, 1.807) is 17.4 Å². The second kappa shape index (κ2) is 9.51. The molecule has 1 unspecified atom stereocenters. The van der Waals surface area contributed by atoms with Gasteiger partial charge in [0, 0.05) is 18.0 Å². The van der Waals surface area contributed by atoms with Crippen molar-refractivity contribution in [3.8, 4) is 5.75 Å². The van der Waals surface area contributed by atoms with Crippen molar-refractivity contribution in [2.45, 2.75) is 51.2 Å². The maximum Gasteiger partial charge on any atom is 0.410 e. The van der Waals surface area contributed by atoms with Crippen molar-refractivity contribution in [3.63, 3.8) is 0 Å². The van der Waals surface area contributed by atoms with Gasteiger partial charge in [0.1, 0.15) is 18.0 Å². The third kappa shape index (κ3) is 5.34. The van der Waals surface area contributed by atoms with E-state index >= 15 is 0 Å². The summed E-state index contributed by atoms with van der Waals surface area (Å²) in [5.41, 5.74) is 3.00. The summed E-state index contributed by atoms with van der Waals surface area (Å²) < 4.78 is 17.0. The molecule has 1 aliphatic rings. The fourth-order valence-electron chi connectivity index (χ4n) is 4.18. The molecule has 2 atom stereocenters. The van der Waals surface area contributed by atoms with Gasteiger partial charge in [-0.2, -0.15) is 0 Å². The third-order valence-electron chi connectivity index (χ3n) is 5.67. The van der Waals surface area contributed by atoms with Gasteiger partial charge in [0.15, 0.2) is 0 Å².